The summed E-state index contributed by atoms with van der Waals surface area (Å²) in [5.41, 5.74) is 10.3. The Hall–Kier alpha value is -5.16. The van der Waals surface area contributed by atoms with E-state index in [2.05, 4.69) is 138 Å². The number of hydrogen-bond donors (Lipinski definition) is 0. The molecule has 0 spiro atoms. The zero-order chi connectivity index (χ0) is 35.0. The van der Waals surface area contributed by atoms with Gasteiger partial charge in [-0.1, -0.05) is 89.9 Å². The second-order valence-electron chi connectivity index (χ2n) is 15.1. The van der Waals surface area contributed by atoms with Gasteiger partial charge in [-0.05, 0) is 103 Å². The van der Waals surface area contributed by atoms with E-state index in [4.69, 9.17) is 14.8 Å². The highest BCUT2D eigenvalue weighted by atomic mass is 16.5. The summed E-state index contributed by atoms with van der Waals surface area (Å²) in [4.78, 5) is 4.91. The van der Waals surface area contributed by atoms with Gasteiger partial charge in [-0.15, -0.1) is 0 Å². The van der Waals surface area contributed by atoms with Crippen LogP contribution in [0.1, 0.15) is 76.4 Å². The number of benzene rings is 4. The van der Waals surface area contributed by atoms with Crippen molar-refractivity contribution in [3.8, 4) is 34.1 Å². The van der Waals surface area contributed by atoms with Gasteiger partial charge in [0, 0.05) is 40.4 Å². The maximum Gasteiger partial charge on any atom is 0.137 e. The number of fused-ring (bicyclic) bond motifs is 3. The first kappa shape index (κ1) is 33.3. The van der Waals surface area contributed by atoms with Crippen molar-refractivity contribution in [2.75, 3.05) is 0 Å². The predicted molar refractivity (Wildman–Crippen MR) is 208 cm³/mol. The van der Waals surface area contributed by atoms with E-state index in [1.807, 2.05) is 29.1 Å². The second-order valence-corrected chi connectivity index (χ2v) is 15.1. The van der Waals surface area contributed by atoms with Crippen molar-refractivity contribution in [2.24, 2.45) is 5.92 Å². The fraction of sp³-hybridized carbons (Fsp3) is 0.289. The van der Waals surface area contributed by atoms with Gasteiger partial charge in [-0.3, -0.25) is 4.57 Å². The molecule has 0 amide bonds. The smallest absolute Gasteiger partial charge is 0.137 e. The number of hydrogen-bond acceptors (Lipinski definition) is 3. The lowest BCUT2D eigenvalue weighted by Gasteiger charge is -2.20. The average molecular weight is 661 g/mol. The Balaban J connectivity index is 1.27. The number of unbranched alkanes of at least 4 members (excludes halogenated alkanes) is 1. The SMILES string of the molecule is Cc1nn(-c2cccc(Oc3ccc4c5cc(CCCCC(C)C)ccc5n(-c5cc(C(C)(C)C)ccn5)c4c3)c2)c(C)c1-c1ccccc1. The molecule has 3 aromatic heterocycles. The number of ether oxygens (including phenoxy) is 1. The van der Waals surface area contributed by atoms with Crippen LogP contribution in [0.5, 0.6) is 11.5 Å². The molecular formula is C45H48N4O. The van der Waals surface area contributed by atoms with E-state index in [0.29, 0.717) is 0 Å². The van der Waals surface area contributed by atoms with E-state index < -0.39 is 0 Å². The van der Waals surface area contributed by atoms with Crippen LogP contribution in [0.2, 0.25) is 0 Å². The van der Waals surface area contributed by atoms with Gasteiger partial charge in [0.05, 0.1) is 22.4 Å². The number of pyridine rings is 1. The van der Waals surface area contributed by atoms with Gasteiger partial charge >= 0.3 is 0 Å². The molecule has 5 nitrogen and oxygen atoms in total. The summed E-state index contributed by atoms with van der Waals surface area (Å²) < 4.78 is 10.9. The minimum Gasteiger partial charge on any atom is -0.457 e. The standard InChI is InChI=1S/C45H48N4O/c1-30(2)14-11-12-15-33-20-23-41-40(26-33)39-22-21-38(29-42(39)48(41)43-27-35(24-25-46-43)45(5,6)7)50-37-19-13-18-36(28-37)49-32(4)44(31(3)47-49)34-16-9-8-10-17-34/h8-10,13,16-30H,11-12,14-15H2,1-7H3. The van der Waals surface area contributed by atoms with E-state index in [1.165, 1.54) is 46.7 Å². The first-order valence-electron chi connectivity index (χ1n) is 18.0. The van der Waals surface area contributed by atoms with E-state index in [-0.39, 0.29) is 5.41 Å². The summed E-state index contributed by atoms with van der Waals surface area (Å²) >= 11 is 0. The summed E-state index contributed by atoms with van der Waals surface area (Å²) in [6.45, 7) is 15.6. The lowest BCUT2D eigenvalue weighted by atomic mass is 9.88. The molecule has 4 aromatic carbocycles. The molecule has 5 heteroatoms. The Morgan fingerprint density at radius 2 is 1.54 bits per heavy atom. The van der Waals surface area contributed by atoms with Crippen LogP contribution < -0.4 is 4.74 Å². The molecule has 7 aromatic rings. The van der Waals surface area contributed by atoms with Crippen LogP contribution in [0.15, 0.2) is 109 Å². The summed E-state index contributed by atoms with van der Waals surface area (Å²) in [5.74, 6) is 3.20. The minimum atomic E-state index is 0.00617. The molecule has 0 fully saturated rings. The van der Waals surface area contributed by atoms with Crippen LogP contribution >= 0.6 is 0 Å². The molecule has 3 heterocycles. The van der Waals surface area contributed by atoms with E-state index in [0.717, 1.165) is 63.3 Å². The van der Waals surface area contributed by atoms with Crippen LogP contribution in [-0.4, -0.2) is 19.3 Å². The molecular weight excluding hydrogens is 613 g/mol. The van der Waals surface area contributed by atoms with Gasteiger partial charge in [0.1, 0.15) is 17.3 Å². The van der Waals surface area contributed by atoms with Gasteiger partial charge in [0.2, 0.25) is 0 Å². The fourth-order valence-corrected chi connectivity index (χ4v) is 7.13. The van der Waals surface area contributed by atoms with Crippen molar-refractivity contribution in [2.45, 2.75) is 79.6 Å². The molecule has 0 aliphatic rings. The largest absolute Gasteiger partial charge is 0.457 e. The number of rotatable bonds is 10. The molecule has 0 saturated heterocycles. The Kier molecular flexibility index (Phi) is 9.09. The normalized spacial score (nSPS) is 12.0. The van der Waals surface area contributed by atoms with Crippen LogP contribution in [0.25, 0.3) is 44.4 Å². The highest BCUT2D eigenvalue weighted by Gasteiger charge is 2.19. The maximum absolute atomic E-state index is 6.61. The summed E-state index contributed by atoms with van der Waals surface area (Å²) in [6, 6.07) is 36.4. The third-order valence-electron chi connectivity index (χ3n) is 9.79. The quantitative estimate of drug-likeness (QED) is 0.137. The molecule has 0 unspecified atom stereocenters. The van der Waals surface area contributed by atoms with Crippen LogP contribution in [0.3, 0.4) is 0 Å². The van der Waals surface area contributed by atoms with Gasteiger partial charge in [0.25, 0.3) is 0 Å². The number of aromatic nitrogens is 4. The van der Waals surface area contributed by atoms with Gasteiger partial charge in [0.15, 0.2) is 0 Å². The molecule has 0 radical (unpaired) electrons. The molecule has 0 saturated carbocycles. The third-order valence-corrected chi connectivity index (χ3v) is 9.79. The van der Waals surface area contributed by atoms with Gasteiger partial charge in [-0.2, -0.15) is 5.10 Å². The molecule has 50 heavy (non-hydrogen) atoms. The molecule has 254 valence electrons. The van der Waals surface area contributed by atoms with E-state index in [1.54, 1.807) is 0 Å². The zero-order valence-electron chi connectivity index (χ0n) is 30.5. The Labute approximate surface area is 296 Å². The summed E-state index contributed by atoms with van der Waals surface area (Å²) in [7, 11) is 0. The van der Waals surface area contributed by atoms with Crippen LogP contribution in [0.4, 0.5) is 0 Å². The monoisotopic (exact) mass is 660 g/mol. The van der Waals surface area contributed by atoms with Crippen molar-refractivity contribution in [3.05, 3.63) is 132 Å². The zero-order valence-corrected chi connectivity index (χ0v) is 30.5. The minimum absolute atomic E-state index is 0.00617. The van der Waals surface area contributed by atoms with Crippen molar-refractivity contribution < 1.29 is 4.74 Å². The van der Waals surface area contributed by atoms with Gasteiger partial charge < -0.3 is 4.74 Å². The summed E-state index contributed by atoms with van der Waals surface area (Å²) in [6.07, 6.45) is 6.77. The molecule has 0 N–H and O–H groups in total. The van der Waals surface area contributed by atoms with Crippen molar-refractivity contribution in [1.82, 2.24) is 19.3 Å². The molecule has 0 aliphatic carbocycles. The highest BCUT2D eigenvalue weighted by Crippen LogP contribution is 2.37. The van der Waals surface area contributed by atoms with Crippen LogP contribution in [-0.2, 0) is 11.8 Å². The predicted octanol–water partition coefficient (Wildman–Crippen LogP) is 12.1. The number of aryl methyl sites for hydroxylation is 2. The lowest BCUT2D eigenvalue weighted by molar-refractivity contribution is 0.482. The highest BCUT2D eigenvalue weighted by molar-refractivity contribution is 6.09. The van der Waals surface area contributed by atoms with Crippen molar-refractivity contribution >= 4 is 21.8 Å². The van der Waals surface area contributed by atoms with Crippen LogP contribution in [0, 0.1) is 19.8 Å². The Bertz CT molecular complexity index is 2280. The van der Waals surface area contributed by atoms with Gasteiger partial charge in [-0.25, -0.2) is 9.67 Å². The Morgan fingerprint density at radius 3 is 2.32 bits per heavy atom. The fourth-order valence-electron chi connectivity index (χ4n) is 7.13. The lowest BCUT2D eigenvalue weighted by Crippen LogP contribution is -2.12. The summed E-state index contributed by atoms with van der Waals surface area (Å²) in [5, 5.41) is 7.37. The topological polar surface area (TPSA) is 44.9 Å². The van der Waals surface area contributed by atoms with Crippen molar-refractivity contribution in [1.29, 1.82) is 0 Å². The van der Waals surface area contributed by atoms with Crippen molar-refractivity contribution in [3.63, 3.8) is 0 Å². The van der Waals surface area contributed by atoms with E-state index >= 15 is 0 Å². The molecule has 0 aliphatic heterocycles. The molecule has 7 rings (SSSR count). The average Bonchev–Trinajstić information content (AvgIpc) is 3.58. The first-order chi connectivity index (χ1) is 24.1. The van der Waals surface area contributed by atoms with E-state index in [9.17, 15) is 0 Å². The first-order valence-corrected chi connectivity index (χ1v) is 18.0. The molecule has 0 atom stereocenters. The Morgan fingerprint density at radius 1 is 0.740 bits per heavy atom. The third kappa shape index (κ3) is 6.69. The maximum atomic E-state index is 6.61. The molecule has 0 bridgehead atoms. The number of nitrogens with zero attached hydrogens (tertiary/aromatic N) is 4. The second kappa shape index (κ2) is 13.6.